The monoisotopic (exact) mass is 395 g/mol. The van der Waals surface area contributed by atoms with E-state index in [4.69, 9.17) is 11.6 Å². The third-order valence-corrected chi connectivity index (χ3v) is 5.81. The van der Waals surface area contributed by atoms with Crippen LogP contribution in [-0.4, -0.2) is 23.0 Å². The zero-order chi connectivity index (χ0) is 13.2. The van der Waals surface area contributed by atoms with Crippen LogP contribution < -0.4 is 5.32 Å². The van der Waals surface area contributed by atoms with Crippen molar-refractivity contribution in [3.63, 3.8) is 0 Å². The second-order valence-corrected chi connectivity index (χ2v) is 7.99. The molecule has 18 heavy (non-hydrogen) atoms. The van der Waals surface area contributed by atoms with E-state index in [1.165, 1.54) is 18.6 Å². The Kier molecular flexibility index (Phi) is 4.83. The van der Waals surface area contributed by atoms with Gasteiger partial charge < -0.3 is 5.32 Å². The Labute approximate surface area is 130 Å². The van der Waals surface area contributed by atoms with E-state index in [1.54, 1.807) is 12.1 Å². The van der Waals surface area contributed by atoms with E-state index in [-0.39, 0.29) is 10.7 Å². The summed E-state index contributed by atoms with van der Waals surface area (Å²) in [5, 5.41) is 3.63. The predicted octanol–water partition coefficient (Wildman–Crippen LogP) is 3.96. The van der Waals surface area contributed by atoms with Gasteiger partial charge in [-0.15, -0.1) is 0 Å². The molecule has 0 spiro atoms. The van der Waals surface area contributed by atoms with Crippen LogP contribution in [0.2, 0.25) is 5.02 Å². The molecule has 1 aromatic carbocycles. The minimum atomic E-state index is -0.0318. The summed E-state index contributed by atoms with van der Waals surface area (Å²) >= 11 is 10.0. The van der Waals surface area contributed by atoms with Gasteiger partial charge in [-0.1, -0.05) is 11.6 Å². The SMILES string of the molecule is CC1(CNC(=O)c2cc(Cl)ccc2I)CCCS1. The lowest BCUT2D eigenvalue weighted by atomic mass is 10.1. The molecule has 1 heterocycles. The summed E-state index contributed by atoms with van der Waals surface area (Å²) in [5.74, 6) is 1.16. The molecule has 1 aromatic rings. The van der Waals surface area contributed by atoms with Crippen molar-refractivity contribution < 1.29 is 4.79 Å². The Hall–Kier alpha value is 0.0600. The maximum Gasteiger partial charge on any atom is 0.252 e. The molecule has 1 saturated heterocycles. The van der Waals surface area contributed by atoms with Gasteiger partial charge in [0.1, 0.15) is 0 Å². The summed E-state index contributed by atoms with van der Waals surface area (Å²) in [6, 6.07) is 5.39. The molecule has 0 bridgehead atoms. The fraction of sp³-hybridized carbons (Fsp3) is 0.462. The van der Waals surface area contributed by atoms with Crippen LogP contribution in [0.5, 0.6) is 0 Å². The number of thioether (sulfide) groups is 1. The van der Waals surface area contributed by atoms with Gasteiger partial charge in [0.2, 0.25) is 0 Å². The van der Waals surface area contributed by atoms with Crippen LogP contribution in [0.1, 0.15) is 30.1 Å². The first-order chi connectivity index (χ1) is 8.50. The van der Waals surface area contributed by atoms with Gasteiger partial charge in [-0.05, 0) is 66.3 Å². The van der Waals surface area contributed by atoms with Crippen LogP contribution >= 0.6 is 46.0 Å². The smallest absolute Gasteiger partial charge is 0.252 e. The van der Waals surface area contributed by atoms with E-state index < -0.39 is 0 Å². The fourth-order valence-electron chi connectivity index (χ4n) is 2.01. The van der Waals surface area contributed by atoms with Gasteiger partial charge in [0, 0.05) is 19.9 Å². The Balaban J connectivity index is 2.01. The molecule has 1 atom stereocenters. The van der Waals surface area contributed by atoms with Crippen molar-refractivity contribution in [1.82, 2.24) is 5.32 Å². The van der Waals surface area contributed by atoms with Gasteiger partial charge in [0.15, 0.2) is 0 Å². The van der Waals surface area contributed by atoms with Crippen LogP contribution in [0, 0.1) is 3.57 Å². The normalized spacial score (nSPS) is 23.1. The predicted molar refractivity (Wildman–Crippen MR) is 86.6 cm³/mol. The third-order valence-electron chi connectivity index (χ3n) is 3.10. The Morgan fingerprint density at radius 2 is 2.39 bits per heavy atom. The van der Waals surface area contributed by atoms with Crippen molar-refractivity contribution in [3.8, 4) is 0 Å². The number of amides is 1. The average Bonchev–Trinajstić information content (AvgIpc) is 2.77. The maximum atomic E-state index is 12.1. The number of carbonyl (C=O) groups is 1. The molecule has 1 aliphatic heterocycles. The quantitative estimate of drug-likeness (QED) is 0.785. The number of carbonyl (C=O) groups excluding carboxylic acids is 1. The lowest BCUT2D eigenvalue weighted by Gasteiger charge is -2.23. The highest BCUT2D eigenvalue weighted by atomic mass is 127. The number of benzene rings is 1. The molecule has 0 radical (unpaired) electrons. The first kappa shape index (κ1) is 14.5. The summed E-state index contributed by atoms with van der Waals surface area (Å²) in [6.07, 6.45) is 2.41. The molecular formula is C13H15ClINOS. The topological polar surface area (TPSA) is 29.1 Å². The number of nitrogens with one attached hydrogen (secondary N) is 1. The second kappa shape index (κ2) is 6.01. The van der Waals surface area contributed by atoms with Crippen molar-refractivity contribution in [3.05, 3.63) is 32.4 Å². The van der Waals surface area contributed by atoms with Crippen molar-refractivity contribution in [2.45, 2.75) is 24.5 Å². The van der Waals surface area contributed by atoms with Crippen molar-refractivity contribution in [2.24, 2.45) is 0 Å². The zero-order valence-corrected chi connectivity index (χ0v) is 13.9. The summed E-state index contributed by atoms with van der Waals surface area (Å²) in [7, 11) is 0. The molecule has 1 aliphatic rings. The number of rotatable bonds is 3. The van der Waals surface area contributed by atoms with Crippen LogP contribution in [0.4, 0.5) is 0 Å². The molecular weight excluding hydrogens is 381 g/mol. The summed E-state index contributed by atoms with van der Waals surface area (Å²) in [5.41, 5.74) is 0.662. The minimum Gasteiger partial charge on any atom is -0.351 e. The molecule has 1 amide bonds. The molecule has 2 nitrogen and oxygen atoms in total. The van der Waals surface area contributed by atoms with Gasteiger partial charge >= 0.3 is 0 Å². The van der Waals surface area contributed by atoms with Gasteiger partial charge in [-0.3, -0.25) is 4.79 Å². The standard InChI is InChI=1S/C13H15ClINOS/c1-13(5-2-6-18-13)8-16-12(17)10-7-9(14)3-4-11(10)15/h3-4,7H,2,5-6,8H2,1H3,(H,16,17). The number of halogens is 2. The fourth-order valence-corrected chi connectivity index (χ4v) is 4.01. The Morgan fingerprint density at radius 1 is 1.61 bits per heavy atom. The van der Waals surface area contributed by atoms with E-state index >= 15 is 0 Å². The largest absolute Gasteiger partial charge is 0.351 e. The highest BCUT2D eigenvalue weighted by Gasteiger charge is 2.29. The third kappa shape index (κ3) is 3.54. The van der Waals surface area contributed by atoms with E-state index in [0.29, 0.717) is 10.6 Å². The molecule has 98 valence electrons. The van der Waals surface area contributed by atoms with Gasteiger partial charge in [-0.25, -0.2) is 0 Å². The summed E-state index contributed by atoms with van der Waals surface area (Å²) < 4.78 is 1.12. The molecule has 0 saturated carbocycles. The highest BCUT2D eigenvalue weighted by molar-refractivity contribution is 14.1. The molecule has 1 N–H and O–H groups in total. The minimum absolute atomic E-state index is 0.0318. The van der Waals surface area contributed by atoms with E-state index in [0.717, 1.165) is 10.1 Å². The lowest BCUT2D eigenvalue weighted by Crippen LogP contribution is -2.37. The van der Waals surface area contributed by atoms with Crippen LogP contribution in [0.15, 0.2) is 18.2 Å². The lowest BCUT2D eigenvalue weighted by molar-refractivity contribution is 0.0949. The average molecular weight is 396 g/mol. The van der Waals surface area contributed by atoms with E-state index in [1.807, 2.05) is 17.8 Å². The first-order valence-corrected chi connectivity index (χ1v) is 8.32. The Morgan fingerprint density at radius 3 is 3.06 bits per heavy atom. The summed E-state index contributed by atoms with van der Waals surface area (Å²) in [4.78, 5) is 12.1. The summed E-state index contributed by atoms with van der Waals surface area (Å²) in [6.45, 7) is 2.94. The molecule has 1 fully saturated rings. The maximum absolute atomic E-state index is 12.1. The Bertz CT molecular complexity index is 460. The highest BCUT2D eigenvalue weighted by Crippen LogP contribution is 2.37. The van der Waals surface area contributed by atoms with Gasteiger partial charge in [0.05, 0.1) is 5.56 Å². The molecule has 0 aromatic heterocycles. The number of hydrogen-bond donors (Lipinski definition) is 1. The van der Waals surface area contributed by atoms with Crippen LogP contribution in [0.25, 0.3) is 0 Å². The van der Waals surface area contributed by atoms with Gasteiger partial charge in [-0.2, -0.15) is 11.8 Å². The molecule has 0 aliphatic carbocycles. The molecule has 2 rings (SSSR count). The van der Waals surface area contributed by atoms with Crippen molar-refractivity contribution >= 4 is 51.9 Å². The van der Waals surface area contributed by atoms with Crippen LogP contribution in [0.3, 0.4) is 0 Å². The van der Waals surface area contributed by atoms with E-state index in [2.05, 4.69) is 34.8 Å². The van der Waals surface area contributed by atoms with Crippen LogP contribution in [-0.2, 0) is 0 Å². The molecule has 1 unspecified atom stereocenters. The second-order valence-electron chi connectivity index (χ2n) is 4.71. The first-order valence-electron chi connectivity index (χ1n) is 5.87. The van der Waals surface area contributed by atoms with Crippen molar-refractivity contribution in [1.29, 1.82) is 0 Å². The molecule has 5 heteroatoms. The van der Waals surface area contributed by atoms with Gasteiger partial charge in [0.25, 0.3) is 5.91 Å². The zero-order valence-electron chi connectivity index (χ0n) is 10.1. The van der Waals surface area contributed by atoms with Crippen molar-refractivity contribution in [2.75, 3.05) is 12.3 Å². The number of hydrogen-bond acceptors (Lipinski definition) is 2. The van der Waals surface area contributed by atoms with E-state index in [9.17, 15) is 4.79 Å².